The van der Waals surface area contributed by atoms with Gasteiger partial charge in [-0.25, -0.2) is 13.1 Å². The first kappa shape index (κ1) is 14.2. The zero-order valence-electron chi connectivity index (χ0n) is 10.6. The van der Waals surface area contributed by atoms with Gasteiger partial charge in [-0.1, -0.05) is 30.3 Å². The lowest BCUT2D eigenvalue weighted by molar-refractivity contribution is 0.0784. The quantitative estimate of drug-likeness (QED) is 0.828. The Morgan fingerprint density at radius 3 is 2.84 bits per heavy atom. The molecule has 1 heterocycles. The number of ether oxygens (including phenoxy) is 1. The molecule has 19 heavy (non-hydrogen) atoms. The van der Waals surface area contributed by atoms with Crippen molar-refractivity contribution < 1.29 is 13.2 Å². The lowest BCUT2D eigenvalue weighted by Crippen LogP contribution is -2.48. The Labute approximate surface area is 113 Å². The van der Waals surface area contributed by atoms with E-state index < -0.39 is 10.0 Å². The van der Waals surface area contributed by atoms with Crippen LogP contribution in [0.3, 0.4) is 0 Å². The fourth-order valence-electron chi connectivity index (χ4n) is 1.75. The third-order valence-electron chi connectivity index (χ3n) is 2.77. The van der Waals surface area contributed by atoms with Crippen molar-refractivity contribution in [1.29, 1.82) is 0 Å². The number of hydrogen-bond acceptors (Lipinski definition) is 4. The first-order valence-corrected chi connectivity index (χ1v) is 7.74. The standard InChI is InChI=1S/C13H18N2O3S/c16-19(17,9-6-12-4-2-1-3-5-12)15-10-13-11-18-8-7-14-13/h1-6,9,13-15H,7-8,10-11H2/b9-6+. The minimum Gasteiger partial charge on any atom is -0.378 e. The Morgan fingerprint density at radius 2 is 2.16 bits per heavy atom. The zero-order chi connectivity index (χ0) is 13.6. The molecule has 0 aromatic heterocycles. The van der Waals surface area contributed by atoms with Gasteiger partial charge in [0.25, 0.3) is 0 Å². The minimum atomic E-state index is -3.41. The van der Waals surface area contributed by atoms with Crippen LogP contribution in [0.15, 0.2) is 35.7 Å². The van der Waals surface area contributed by atoms with Crippen LogP contribution in [0, 0.1) is 0 Å². The van der Waals surface area contributed by atoms with Crippen molar-refractivity contribution in [3.63, 3.8) is 0 Å². The van der Waals surface area contributed by atoms with Gasteiger partial charge in [0.1, 0.15) is 0 Å². The molecule has 6 heteroatoms. The number of hydrogen-bond donors (Lipinski definition) is 2. The number of sulfonamides is 1. The zero-order valence-corrected chi connectivity index (χ0v) is 11.4. The largest absolute Gasteiger partial charge is 0.378 e. The highest BCUT2D eigenvalue weighted by molar-refractivity contribution is 7.92. The Kier molecular flexibility index (Phi) is 5.09. The van der Waals surface area contributed by atoms with Crippen LogP contribution in [0.4, 0.5) is 0 Å². The minimum absolute atomic E-state index is 0.0358. The third kappa shape index (κ3) is 5.12. The highest BCUT2D eigenvalue weighted by Gasteiger charge is 2.15. The number of nitrogens with one attached hydrogen (secondary N) is 2. The first-order chi connectivity index (χ1) is 9.16. The van der Waals surface area contributed by atoms with Gasteiger partial charge in [0.15, 0.2) is 0 Å². The SMILES string of the molecule is O=S(=O)(/C=C/c1ccccc1)NCC1COCCN1. The van der Waals surface area contributed by atoms with E-state index in [0.717, 1.165) is 12.1 Å². The second kappa shape index (κ2) is 6.81. The topological polar surface area (TPSA) is 67.4 Å². The summed E-state index contributed by atoms with van der Waals surface area (Å²) in [5, 5.41) is 4.38. The molecule has 0 radical (unpaired) electrons. The fraction of sp³-hybridized carbons (Fsp3) is 0.385. The molecule has 5 nitrogen and oxygen atoms in total. The second-order valence-electron chi connectivity index (χ2n) is 4.33. The molecular formula is C13H18N2O3S. The molecule has 1 fully saturated rings. The summed E-state index contributed by atoms with van der Waals surface area (Å²) in [6.07, 6.45) is 1.58. The monoisotopic (exact) mass is 282 g/mol. The summed E-state index contributed by atoms with van der Waals surface area (Å²) in [7, 11) is -3.41. The van der Waals surface area contributed by atoms with Gasteiger partial charge >= 0.3 is 0 Å². The average molecular weight is 282 g/mol. The van der Waals surface area contributed by atoms with Crippen LogP contribution in [-0.4, -0.2) is 40.8 Å². The molecule has 0 aliphatic carbocycles. The van der Waals surface area contributed by atoms with E-state index >= 15 is 0 Å². The Morgan fingerprint density at radius 1 is 1.37 bits per heavy atom. The second-order valence-corrected chi connectivity index (χ2v) is 5.98. The summed E-state index contributed by atoms with van der Waals surface area (Å²) in [6, 6.07) is 9.35. The molecule has 1 saturated heterocycles. The highest BCUT2D eigenvalue weighted by Crippen LogP contribution is 2.02. The van der Waals surface area contributed by atoms with Crippen LogP contribution in [0.25, 0.3) is 6.08 Å². The third-order valence-corrected chi connectivity index (χ3v) is 3.83. The maximum atomic E-state index is 11.8. The van der Waals surface area contributed by atoms with E-state index in [1.807, 2.05) is 30.3 Å². The lowest BCUT2D eigenvalue weighted by Gasteiger charge is -2.23. The lowest BCUT2D eigenvalue weighted by atomic mass is 10.2. The van der Waals surface area contributed by atoms with Crippen molar-refractivity contribution in [2.24, 2.45) is 0 Å². The molecule has 0 bridgehead atoms. The van der Waals surface area contributed by atoms with Gasteiger partial charge in [-0.15, -0.1) is 0 Å². The molecule has 1 aliphatic heterocycles. The number of benzene rings is 1. The molecule has 1 aromatic carbocycles. The van der Waals surface area contributed by atoms with Crippen molar-refractivity contribution >= 4 is 16.1 Å². The highest BCUT2D eigenvalue weighted by atomic mass is 32.2. The molecular weight excluding hydrogens is 264 g/mol. The van der Waals surface area contributed by atoms with Gasteiger partial charge in [0.05, 0.1) is 13.2 Å². The Hall–Kier alpha value is -1.21. The molecule has 2 rings (SSSR count). The van der Waals surface area contributed by atoms with Crippen LogP contribution in [0.5, 0.6) is 0 Å². The molecule has 2 N–H and O–H groups in total. The van der Waals surface area contributed by atoms with Crippen molar-refractivity contribution in [3.8, 4) is 0 Å². The van der Waals surface area contributed by atoms with E-state index in [9.17, 15) is 8.42 Å². The van der Waals surface area contributed by atoms with Gasteiger partial charge in [-0.3, -0.25) is 0 Å². The van der Waals surface area contributed by atoms with Crippen LogP contribution in [-0.2, 0) is 14.8 Å². The Bertz CT molecular complexity index is 508. The summed E-state index contributed by atoms with van der Waals surface area (Å²) in [6.45, 7) is 2.30. The van der Waals surface area contributed by atoms with Crippen molar-refractivity contribution in [1.82, 2.24) is 10.0 Å². The summed E-state index contributed by atoms with van der Waals surface area (Å²) in [5.74, 6) is 0. The van der Waals surface area contributed by atoms with Crippen molar-refractivity contribution in [2.45, 2.75) is 6.04 Å². The van der Waals surface area contributed by atoms with Crippen LogP contribution in [0.1, 0.15) is 5.56 Å². The summed E-state index contributed by atoms with van der Waals surface area (Å²) >= 11 is 0. The molecule has 1 atom stereocenters. The molecule has 104 valence electrons. The predicted octanol–water partition coefficient (Wildman–Crippen LogP) is 0.565. The van der Waals surface area contributed by atoms with E-state index in [0.29, 0.717) is 19.8 Å². The van der Waals surface area contributed by atoms with Crippen molar-refractivity contribution in [3.05, 3.63) is 41.3 Å². The van der Waals surface area contributed by atoms with Gasteiger partial charge in [-0.2, -0.15) is 0 Å². The van der Waals surface area contributed by atoms with E-state index in [-0.39, 0.29) is 6.04 Å². The van der Waals surface area contributed by atoms with E-state index in [2.05, 4.69) is 10.0 Å². The van der Waals surface area contributed by atoms with Crippen LogP contribution < -0.4 is 10.0 Å². The Balaban J connectivity index is 1.86. The molecule has 0 amide bonds. The van der Waals surface area contributed by atoms with Crippen molar-refractivity contribution in [2.75, 3.05) is 26.3 Å². The molecule has 1 aromatic rings. The van der Waals surface area contributed by atoms with E-state index in [4.69, 9.17) is 4.74 Å². The number of rotatable bonds is 5. The average Bonchev–Trinajstić information content (AvgIpc) is 2.46. The summed E-state index contributed by atoms with van der Waals surface area (Å²) in [4.78, 5) is 0. The summed E-state index contributed by atoms with van der Waals surface area (Å²) in [5.41, 5.74) is 0.854. The molecule has 1 aliphatic rings. The van der Waals surface area contributed by atoms with Gasteiger partial charge in [-0.05, 0) is 11.6 Å². The predicted molar refractivity (Wildman–Crippen MR) is 75.0 cm³/mol. The van der Waals surface area contributed by atoms with Crippen LogP contribution >= 0.6 is 0 Å². The van der Waals surface area contributed by atoms with Gasteiger partial charge < -0.3 is 10.1 Å². The van der Waals surface area contributed by atoms with Crippen LogP contribution in [0.2, 0.25) is 0 Å². The summed E-state index contributed by atoms with van der Waals surface area (Å²) < 4.78 is 31.4. The molecule has 1 unspecified atom stereocenters. The normalized spacial score (nSPS) is 20.7. The molecule has 0 spiro atoms. The first-order valence-electron chi connectivity index (χ1n) is 6.20. The van der Waals surface area contributed by atoms with Gasteiger partial charge in [0.2, 0.25) is 10.0 Å². The fourth-order valence-corrected chi connectivity index (χ4v) is 2.61. The smallest absolute Gasteiger partial charge is 0.233 e. The van der Waals surface area contributed by atoms with E-state index in [1.165, 1.54) is 5.41 Å². The maximum absolute atomic E-state index is 11.8. The molecule has 0 saturated carbocycles. The maximum Gasteiger partial charge on any atom is 0.233 e. The van der Waals surface area contributed by atoms with Gasteiger partial charge in [0, 0.05) is 24.5 Å². The number of morpholine rings is 1. The van der Waals surface area contributed by atoms with E-state index in [1.54, 1.807) is 6.08 Å².